The van der Waals surface area contributed by atoms with Gasteiger partial charge in [0.05, 0.1) is 0 Å². The summed E-state index contributed by atoms with van der Waals surface area (Å²) in [6.07, 6.45) is -2.03. The number of aromatic nitrogens is 2. The smallest absolute Gasteiger partial charge is 0.272 e. The third-order valence-corrected chi connectivity index (χ3v) is 2.13. The van der Waals surface area contributed by atoms with Crippen LogP contribution in [0.5, 0.6) is 0 Å². The second-order valence-corrected chi connectivity index (χ2v) is 3.43. The van der Waals surface area contributed by atoms with Crippen LogP contribution in [0.1, 0.15) is 26.0 Å². The molecule has 0 aromatic carbocycles. The minimum absolute atomic E-state index is 0.344. The van der Waals surface area contributed by atoms with E-state index in [1.807, 2.05) is 13.8 Å². The molecule has 5 heteroatoms. The minimum atomic E-state index is -4.33. The first-order valence-electron chi connectivity index (χ1n) is 4.54. The van der Waals surface area contributed by atoms with Crippen LogP contribution in [0.3, 0.4) is 0 Å². The molecule has 0 aliphatic rings. The number of halogens is 3. The number of alkyl halides is 3. The molecule has 2 nitrogen and oxygen atoms in total. The van der Waals surface area contributed by atoms with Crippen molar-refractivity contribution >= 4 is 0 Å². The van der Waals surface area contributed by atoms with Gasteiger partial charge in [0.15, 0.2) is 5.69 Å². The SMILES string of the molecule is CCC(C)Cn1ccc(C(F)(F)F)n1. The van der Waals surface area contributed by atoms with Crippen LogP contribution in [0.4, 0.5) is 13.2 Å². The highest BCUT2D eigenvalue weighted by Gasteiger charge is 2.33. The van der Waals surface area contributed by atoms with Gasteiger partial charge in [-0.05, 0) is 12.0 Å². The van der Waals surface area contributed by atoms with Gasteiger partial charge >= 0.3 is 6.18 Å². The first-order valence-corrected chi connectivity index (χ1v) is 4.54. The number of nitrogens with zero attached hydrogens (tertiary/aromatic N) is 2. The molecule has 0 spiro atoms. The molecular formula is C9H13F3N2. The molecule has 0 saturated heterocycles. The zero-order valence-corrected chi connectivity index (χ0v) is 8.17. The summed E-state index contributed by atoms with van der Waals surface area (Å²) in [4.78, 5) is 0. The van der Waals surface area contributed by atoms with E-state index >= 15 is 0 Å². The zero-order valence-electron chi connectivity index (χ0n) is 8.17. The molecule has 1 rings (SSSR count). The van der Waals surface area contributed by atoms with Gasteiger partial charge in [0, 0.05) is 12.7 Å². The monoisotopic (exact) mass is 206 g/mol. The third kappa shape index (κ3) is 2.75. The van der Waals surface area contributed by atoms with Gasteiger partial charge in [0.1, 0.15) is 0 Å². The normalized spacial score (nSPS) is 14.4. The van der Waals surface area contributed by atoms with Crippen molar-refractivity contribution in [3.05, 3.63) is 18.0 Å². The Morgan fingerprint density at radius 1 is 1.50 bits per heavy atom. The molecule has 1 aromatic rings. The van der Waals surface area contributed by atoms with E-state index < -0.39 is 11.9 Å². The van der Waals surface area contributed by atoms with Crippen molar-refractivity contribution in [3.8, 4) is 0 Å². The average Bonchev–Trinajstić information content (AvgIpc) is 2.51. The second-order valence-electron chi connectivity index (χ2n) is 3.43. The predicted octanol–water partition coefficient (Wildman–Crippen LogP) is 2.95. The number of hydrogen-bond acceptors (Lipinski definition) is 1. The molecule has 80 valence electrons. The van der Waals surface area contributed by atoms with E-state index in [1.54, 1.807) is 0 Å². The van der Waals surface area contributed by atoms with Crippen molar-refractivity contribution in [3.63, 3.8) is 0 Å². The molecule has 14 heavy (non-hydrogen) atoms. The van der Waals surface area contributed by atoms with Gasteiger partial charge < -0.3 is 0 Å². The van der Waals surface area contributed by atoms with Crippen LogP contribution in [-0.2, 0) is 12.7 Å². The van der Waals surface area contributed by atoms with Gasteiger partial charge in [-0.1, -0.05) is 20.3 Å². The van der Waals surface area contributed by atoms with Crippen LogP contribution in [0.2, 0.25) is 0 Å². The summed E-state index contributed by atoms with van der Waals surface area (Å²) >= 11 is 0. The molecule has 0 bridgehead atoms. The predicted molar refractivity (Wildman–Crippen MR) is 46.7 cm³/mol. The maximum atomic E-state index is 12.1. The summed E-state index contributed by atoms with van der Waals surface area (Å²) in [6.45, 7) is 4.51. The zero-order chi connectivity index (χ0) is 10.8. The van der Waals surface area contributed by atoms with Gasteiger partial charge in [-0.3, -0.25) is 4.68 Å². The molecule has 0 aliphatic carbocycles. The Morgan fingerprint density at radius 2 is 2.14 bits per heavy atom. The summed E-state index contributed by atoms with van der Waals surface area (Å²) in [5, 5.41) is 3.46. The number of rotatable bonds is 3. The first kappa shape index (κ1) is 11.1. The van der Waals surface area contributed by atoms with E-state index in [-0.39, 0.29) is 0 Å². The van der Waals surface area contributed by atoms with Crippen molar-refractivity contribution in [1.82, 2.24) is 9.78 Å². The van der Waals surface area contributed by atoms with E-state index in [2.05, 4.69) is 5.10 Å². The maximum Gasteiger partial charge on any atom is 0.435 e. The minimum Gasteiger partial charge on any atom is -0.272 e. The lowest BCUT2D eigenvalue weighted by Crippen LogP contribution is -2.11. The van der Waals surface area contributed by atoms with Crippen molar-refractivity contribution in [2.75, 3.05) is 0 Å². The lowest BCUT2D eigenvalue weighted by atomic mass is 10.1. The highest BCUT2D eigenvalue weighted by molar-refractivity contribution is 5.03. The Kier molecular flexibility index (Phi) is 3.18. The Bertz CT molecular complexity index is 290. The Hall–Kier alpha value is -1.00. The summed E-state index contributed by atoms with van der Waals surface area (Å²) in [6, 6.07) is 1.00. The van der Waals surface area contributed by atoms with Crippen LogP contribution in [-0.4, -0.2) is 9.78 Å². The fourth-order valence-corrected chi connectivity index (χ4v) is 1.06. The molecule has 0 fully saturated rings. The van der Waals surface area contributed by atoms with Crippen LogP contribution >= 0.6 is 0 Å². The van der Waals surface area contributed by atoms with Gasteiger partial charge in [-0.2, -0.15) is 18.3 Å². The molecule has 0 radical (unpaired) electrons. The highest BCUT2D eigenvalue weighted by Crippen LogP contribution is 2.27. The fourth-order valence-electron chi connectivity index (χ4n) is 1.06. The van der Waals surface area contributed by atoms with E-state index in [0.29, 0.717) is 12.5 Å². The van der Waals surface area contributed by atoms with Crippen molar-refractivity contribution in [2.24, 2.45) is 5.92 Å². The van der Waals surface area contributed by atoms with E-state index in [0.717, 1.165) is 12.5 Å². The van der Waals surface area contributed by atoms with Gasteiger partial charge in [0.25, 0.3) is 0 Å². The molecule has 0 amide bonds. The highest BCUT2D eigenvalue weighted by atomic mass is 19.4. The van der Waals surface area contributed by atoms with Crippen molar-refractivity contribution < 1.29 is 13.2 Å². The quantitative estimate of drug-likeness (QED) is 0.743. The lowest BCUT2D eigenvalue weighted by Gasteiger charge is -2.08. The van der Waals surface area contributed by atoms with Crippen LogP contribution < -0.4 is 0 Å². The molecule has 1 heterocycles. The Morgan fingerprint density at radius 3 is 2.57 bits per heavy atom. The van der Waals surface area contributed by atoms with Gasteiger partial charge in [-0.15, -0.1) is 0 Å². The number of hydrogen-bond donors (Lipinski definition) is 0. The van der Waals surface area contributed by atoms with Gasteiger partial charge in [0.2, 0.25) is 0 Å². The summed E-state index contributed by atoms with van der Waals surface area (Å²) in [5.74, 6) is 0.344. The molecule has 1 unspecified atom stereocenters. The summed E-state index contributed by atoms with van der Waals surface area (Å²) in [7, 11) is 0. The standard InChI is InChI=1S/C9H13F3N2/c1-3-7(2)6-14-5-4-8(13-14)9(10,11)12/h4-5,7H,3,6H2,1-2H3. The second kappa shape index (κ2) is 4.02. The molecule has 1 atom stereocenters. The molecule has 0 aliphatic heterocycles. The van der Waals surface area contributed by atoms with E-state index in [9.17, 15) is 13.2 Å². The van der Waals surface area contributed by atoms with Crippen LogP contribution in [0, 0.1) is 5.92 Å². The lowest BCUT2D eigenvalue weighted by molar-refractivity contribution is -0.141. The Labute approximate surface area is 80.7 Å². The van der Waals surface area contributed by atoms with E-state index in [1.165, 1.54) is 10.9 Å². The maximum absolute atomic E-state index is 12.1. The van der Waals surface area contributed by atoms with Crippen LogP contribution in [0.15, 0.2) is 12.3 Å². The summed E-state index contributed by atoms with van der Waals surface area (Å²) < 4.78 is 37.8. The third-order valence-electron chi connectivity index (χ3n) is 2.13. The Balaban J connectivity index is 2.69. The van der Waals surface area contributed by atoms with Crippen molar-refractivity contribution in [2.45, 2.75) is 33.0 Å². The molecule has 0 saturated carbocycles. The molecule has 1 aromatic heterocycles. The first-order chi connectivity index (χ1) is 6.43. The van der Waals surface area contributed by atoms with Gasteiger partial charge in [-0.25, -0.2) is 0 Å². The van der Waals surface area contributed by atoms with Crippen LogP contribution in [0.25, 0.3) is 0 Å². The molecular weight excluding hydrogens is 193 g/mol. The largest absolute Gasteiger partial charge is 0.435 e. The van der Waals surface area contributed by atoms with E-state index in [4.69, 9.17) is 0 Å². The summed E-state index contributed by atoms with van der Waals surface area (Å²) in [5.41, 5.74) is -0.819. The average molecular weight is 206 g/mol. The molecule has 0 N–H and O–H groups in total. The fraction of sp³-hybridized carbons (Fsp3) is 0.667. The topological polar surface area (TPSA) is 17.8 Å². The van der Waals surface area contributed by atoms with Crippen molar-refractivity contribution in [1.29, 1.82) is 0 Å².